The minimum Gasteiger partial charge on any atom is -0.493 e. The number of carbonyl (C=O) groups is 1. The highest BCUT2D eigenvalue weighted by Crippen LogP contribution is 2.40. The Morgan fingerprint density at radius 2 is 1.58 bits per heavy atom. The van der Waals surface area contributed by atoms with Crippen LogP contribution in [0.5, 0.6) is 17.2 Å². The summed E-state index contributed by atoms with van der Waals surface area (Å²) in [5.74, 6) is 1.75. The molecule has 0 saturated heterocycles. The van der Waals surface area contributed by atoms with Gasteiger partial charge in [-0.25, -0.2) is 0 Å². The van der Waals surface area contributed by atoms with Crippen LogP contribution in [0.3, 0.4) is 0 Å². The number of hydrogen-bond donors (Lipinski definition) is 1. The van der Waals surface area contributed by atoms with Crippen molar-refractivity contribution in [2.75, 3.05) is 21.3 Å². The second-order valence-corrected chi connectivity index (χ2v) is 7.87. The van der Waals surface area contributed by atoms with Gasteiger partial charge in [0.15, 0.2) is 11.5 Å². The zero-order valence-electron chi connectivity index (χ0n) is 20.3. The number of rotatable bonds is 10. The van der Waals surface area contributed by atoms with E-state index in [1.165, 1.54) is 27.4 Å². The van der Waals surface area contributed by atoms with E-state index in [4.69, 9.17) is 18.7 Å². The lowest BCUT2D eigenvalue weighted by Gasteiger charge is -2.14. The third kappa shape index (κ3) is 5.90. The molecule has 1 heterocycles. The lowest BCUT2D eigenvalue weighted by molar-refractivity contribution is -0.117. The van der Waals surface area contributed by atoms with E-state index in [9.17, 15) is 4.79 Å². The summed E-state index contributed by atoms with van der Waals surface area (Å²) in [6.07, 6.45) is 3.72. The first-order chi connectivity index (χ1) is 17.6. The van der Waals surface area contributed by atoms with E-state index >= 15 is 0 Å². The van der Waals surface area contributed by atoms with Crippen molar-refractivity contribution < 1.29 is 23.5 Å². The van der Waals surface area contributed by atoms with Crippen LogP contribution in [0, 0.1) is 0 Å². The van der Waals surface area contributed by atoms with Crippen molar-refractivity contribution in [1.82, 2.24) is 15.5 Å². The van der Waals surface area contributed by atoms with Gasteiger partial charge in [0.1, 0.15) is 6.04 Å². The molecule has 1 atom stereocenters. The minimum atomic E-state index is -0.538. The van der Waals surface area contributed by atoms with Crippen molar-refractivity contribution in [3.63, 3.8) is 0 Å². The number of ether oxygens (including phenoxy) is 3. The van der Waals surface area contributed by atoms with Crippen molar-refractivity contribution in [3.8, 4) is 28.6 Å². The van der Waals surface area contributed by atoms with Crippen LogP contribution in [0.15, 0.2) is 83.4 Å². The molecule has 0 aliphatic rings. The highest BCUT2D eigenvalue weighted by Gasteiger charge is 2.23. The Bertz CT molecular complexity index is 1290. The summed E-state index contributed by atoms with van der Waals surface area (Å²) in [6, 6.07) is 22.3. The fraction of sp³-hybridized carbons (Fsp3) is 0.179. The highest BCUT2D eigenvalue weighted by molar-refractivity contribution is 5.91. The van der Waals surface area contributed by atoms with Gasteiger partial charge in [-0.2, -0.15) is 4.98 Å². The molecule has 0 saturated carbocycles. The van der Waals surface area contributed by atoms with Gasteiger partial charge in [0.05, 0.1) is 21.3 Å². The van der Waals surface area contributed by atoms with Crippen LogP contribution in [0.1, 0.15) is 23.1 Å². The highest BCUT2D eigenvalue weighted by atomic mass is 16.5. The summed E-state index contributed by atoms with van der Waals surface area (Å²) in [4.78, 5) is 17.4. The molecule has 36 heavy (non-hydrogen) atoms. The number of nitrogens with one attached hydrogen (secondary N) is 1. The Balaban J connectivity index is 1.61. The van der Waals surface area contributed by atoms with E-state index in [0.717, 1.165) is 11.1 Å². The number of carbonyl (C=O) groups excluding carboxylic acids is 1. The lowest BCUT2D eigenvalue weighted by atomic mass is 10.1. The first-order valence-electron chi connectivity index (χ1n) is 11.3. The normalized spacial score (nSPS) is 11.8. The van der Waals surface area contributed by atoms with Crippen LogP contribution in [0.2, 0.25) is 0 Å². The van der Waals surface area contributed by atoms with Gasteiger partial charge in [-0.3, -0.25) is 4.79 Å². The summed E-state index contributed by atoms with van der Waals surface area (Å²) in [6.45, 7) is 0. The molecule has 0 fully saturated rings. The molecule has 1 unspecified atom stereocenters. The lowest BCUT2D eigenvalue weighted by Crippen LogP contribution is -2.28. The summed E-state index contributed by atoms with van der Waals surface area (Å²) < 4.78 is 21.9. The molecule has 1 N–H and O–H groups in total. The summed E-state index contributed by atoms with van der Waals surface area (Å²) in [7, 11) is 4.61. The van der Waals surface area contributed by atoms with Crippen molar-refractivity contribution in [2.24, 2.45) is 0 Å². The molecule has 4 rings (SSSR count). The molecule has 0 spiro atoms. The fourth-order valence-corrected chi connectivity index (χ4v) is 3.71. The van der Waals surface area contributed by atoms with Gasteiger partial charge >= 0.3 is 0 Å². The van der Waals surface area contributed by atoms with E-state index in [2.05, 4.69) is 15.5 Å². The quantitative estimate of drug-likeness (QED) is 0.320. The van der Waals surface area contributed by atoms with E-state index in [1.807, 2.05) is 60.7 Å². The van der Waals surface area contributed by atoms with Crippen LogP contribution >= 0.6 is 0 Å². The second-order valence-electron chi connectivity index (χ2n) is 7.87. The predicted octanol–water partition coefficient (Wildman–Crippen LogP) is 4.88. The van der Waals surface area contributed by atoms with Crippen LogP contribution < -0.4 is 19.5 Å². The topological polar surface area (TPSA) is 95.7 Å². The average Bonchev–Trinajstić information content (AvgIpc) is 3.42. The zero-order valence-corrected chi connectivity index (χ0v) is 20.3. The monoisotopic (exact) mass is 485 g/mol. The Hall–Kier alpha value is -4.59. The maximum absolute atomic E-state index is 12.8. The maximum atomic E-state index is 12.8. The van der Waals surface area contributed by atoms with E-state index in [-0.39, 0.29) is 11.8 Å². The third-order valence-electron chi connectivity index (χ3n) is 5.49. The molecule has 0 radical (unpaired) electrons. The van der Waals surface area contributed by atoms with E-state index in [0.29, 0.717) is 35.1 Å². The summed E-state index contributed by atoms with van der Waals surface area (Å²) >= 11 is 0. The Labute approximate surface area is 209 Å². The van der Waals surface area contributed by atoms with Gasteiger partial charge in [0.2, 0.25) is 23.4 Å². The number of benzene rings is 3. The van der Waals surface area contributed by atoms with Crippen molar-refractivity contribution >= 4 is 12.0 Å². The molecule has 8 nitrogen and oxygen atoms in total. The van der Waals surface area contributed by atoms with Gasteiger partial charge in [0, 0.05) is 18.1 Å². The number of hydrogen-bond acceptors (Lipinski definition) is 7. The molecule has 0 bridgehead atoms. The standard InChI is InChI=1S/C28H27N3O5/c1-33-23-17-21(18-24(34-2)26(23)35-3)27-30-28(36-31-27)22(16-20-12-8-5-9-13-20)29-25(32)15-14-19-10-6-4-7-11-19/h4-15,17-18,22H,16H2,1-3H3,(H,29,32)/b15-14+. The average molecular weight is 486 g/mol. The first-order valence-corrected chi connectivity index (χ1v) is 11.3. The van der Waals surface area contributed by atoms with E-state index < -0.39 is 6.04 Å². The molecule has 0 aliphatic carbocycles. The number of nitrogens with zero attached hydrogens (tertiary/aromatic N) is 2. The Morgan fingerprint density at radius 3 is 2.19 bits per heavy atom. The molecule has 4 aromatic rings. The molecule has 8 heteroatoms. The summed E-state index contributed by atoms with van der Waals surface area (Å²) in [5, 5.41) is 7.14. The largest absolute Gasteiger partial charge is 0.493 e. The minimum absolute atomic E-state index is 0.271. The van der Waals surface area contributed by atoms with Gasteiger partial charge < -0.3 is 24.1 Å². The maximum Gasteiger partial charge on any atom is 0.249 e. The molecule has 1 aromatic heterocycles. The Kier molecular flexibility index (Phi) is 7.97. The van der Waals surface area contributed by atoms with Crippen molar-refractivity contribution in [1.29, 1.82) is 0 Å². The van der Waals surface area contributed by atoms with Gasteiger partial charge in [-0.1, -0.05) is 65.8 Å². The van der Waals surface area contributed by atoms with Gasteiger partial charge in [0.25, 0.3) is 0 Å². The predicted molar refractivity (Wildman–Crippen MR) is 136 cm³/mol. The molecule has 1 amide bonds. The van der Waals surface area contributed by atoms with Crippen LogP contribution in [0.4, 0.5) is 0 Å². The molecule has 184 valence electrons. The molecular formula is C28H27N3O5. The molecular weight excluding hydrogens is 458 g/mol. The molecule has 0 aliphatic heterocycles. The SMILES string of the molecule is COc1cc(-c2noc(C(Cc3ccccc3)NC(=O)/C=C/c3ccccc3)n2)cc(OC)c1OC. The fourth-order valence-electron chi connectivity index (χ4n) is 3.71. The first kappa shape index (κ1) is 24.5. The number of aromatic nitrogens is 2. The second kappa shape index (κ2) is 11.7. The zero-order chi connectivity index (χ0) is 25.3. The number of amides is 1. The third-order valence-corrected chi connectivity index (χ3v) is 5.49. The van der Waals surface area contributed by atoms with Crippen LogP contribution in [0.25, 0.3) is 17.5 Å². The summed E-state index contributed by atoms with van der Waals surface area (Å²) in [5.41, 5.74) is 2.56. The molecule has 3 aromatic carbocycles. The van der Waals surface area contributed by atoms with E-state index in [1.54, 1.807) is 18.2 Å². The van der Waals surface area contributed by atoms with Gasteiger partial charge in [-0.15, -0.1) is 0 Å². The smallest absolute Gasteiger partial charge is 0.249 e. The van der Waals surface area contributed by atoms with Crippen LogP contribution in [-0.4, -0.2) is 37.4 Å². The van der Waals surface area contributed by atoms with Crippen molar-refractivity contribution in [3.05, 3.63) is 95.9 Å². The Morgan fingerprint density at radius 1 is 0.944 bits per heavy atom. The van der Waals surface area contributed by atoms with Crippen LogP contribution in [-0.2, 0) is 11.2 Å². The van der Waals surface area contributed by atoms with Crippen molar-refractivity contribution in [2.45, 2.75) is 12.5 Å². The van der Waals surface area contributed by atoms with Gasteiger partial charge in [-0.05, 0) is 29.3 Å². The number of methoxy groups -OCH3 is 3.